The third kappa shape index (κ3) is 3.46. The highest BCUT2D eigenvalue weighted by atomic mass is 32.2. The van der Waals surface area contributed by atoms with Crippen molar-refractivity contribution in [1.82, 2.24) is 4.90 Å². The summed E-state index contributed by atoms with van der Waals surface area (Å²) >= 11 is 0. The van der Waals surface area contributed by atoms with E-state index in [1.807, 2.05) is 18.9 Å². The van der Waals surface area contributed by atoms with Crippen LogP contribution in [-0.4, -0.2) is 49.8 Å². The Morgan fingerprint density at radius 2 is 2.27 bits per heavy atom. The van der Waals surface area contributed by atoms with Crippen molar-refractivity contribution in [2.24, 2.45) is 5.73 Å². The summed E-state index contributed by atoms with van der Waals surface area (Å²) in [5, 5.41) is 7.20. The van der Waals surface area contributed by atoms with Gasteiger partial charge in [0.05, 0.1) is 17.3 Å². The Morgan fingerprint density at radius 3 is 2.67 bits per heavy atom. The SMILES string of the molecule is CC(CC(=N)N)N(C)C1CCS(=O)(=O)C1. The van der Waals surface area contributed by atoms with Gasteiger partial charge in [0.15, 0.2) is 9.84 Å². The highest BCUT2D eigenvalue weighted by molar-refractivity contribution is 7.91. The summed E-state index contributed by atoms with van der Waals surface area (Å²) in [5.74, 6) is 0.677. The molecule has 0 aromatic heterocycles. The molecule has 1 rings (SSSR count). The Balaban J connectivity index is 2.54. The molecule has 3 N–H and O–H groups in total. The van der Waals surface area contributed by atoms with Crippen LogP contribution in [0.15, 0.2) is 0 Å². The first-order chi connectivity index (χ1) is 6.82. The van der Waals surface area contributed by atoms with E-state index in [9.17, 15) is 8.42 Å². The summed E-state index contributed by atoms with van der Waals surface area (Å²) in [7, 11) is -0.927. The van der Waals surface area contributed by atoms with Gasteiger partial charge in [0.2, 0.25) is 0 Å². The molecule has 0 aromatic rings. The van der Waals surface area contributed by atoms with Gasteiger partial charge in [-0.1, -0.05) is 0 Å². The maximum Gasteiger partial charge on any atom is 0.151 e. The molecular formula is C9H19N3O2S. The van der Waals surface area contributed by atoms with E-state index in [2.05, 4.69) is 0 Å². The number of nitrogens with zero attached hydrogens (tertiary/aromatic N) is 1. The van der Waals surface area contributed by atoms with Crippen LogP contribution in [-0.2, 0) is 9.84 Å². The minimum atomic E-state index is -2.83. The van der Waals surface area contributed by atoms with E-state index in [0.717, 1.165) is 0 Å². The predicted octanol–water partition coefficient (Wildman–Crippen LogP) is -0.180. The van der Waals surface area contributed by atoms with Crippen molar-refractivity contribution in [1.29, 1.82) is 5.41 Å². The molecule has 0 radical (unpaired) electrons. The van der Waals surface area contributed by atoms with Gasteiger partial charge in [-0.15, -0.1) is 0 Å². The lowest BCUT2D eigenvalue weighted by Crippen LogP contribution is -2.41. The molecule has 2 atom stereocenters. The van der Waals surface area contributed by atoms with Crippen LogP contribution in [0.1, 0.15) is 19.8 Å². The second kappa shape index (κ2) is 4.49. The molecule has 1 fully saturated rings. The Morgan fingerprint density at radius 1 is 1.67 bits per heavy atom. The number of amidine groups is 1. The Hall–Kier alpha value is -0.620. The van der Waals surface area contributed by atoms with Gasteiger partial charge in [-0.2, -0.15) is 0 Å². The van der Waals surface area contributed by atoms with Crippen LogP contribution in [0.3, 0.4) is 0 Å². The fourth-order valence-corrected chi connectivity index (χ4v) is 3.70. The summed E-state index contributed by atoms with van der Waals surface area (Å²) in [6.45, 7) is 1.96. The minimum absolute atomic E-state index is 0.0874. The fraction of sp³-hybridized carbons (Fsp3) is 0.889. The number of sulfone groups is 1. The standard InChI is InChI=1S/C9H19N3O2S/c1-7(5-9(10)11)12(2)8-3-4-15(13,14)6-8/h7-8H,3-6H2,1-2H3,(H3,10,11). The lowest BCUT2D eigenvalue weighted by atomic mass is 10.1. The topological polar surface area (TPSA) is 87.2 Å². The first kappa shape index (κ1) is 12.4. The molecule has 0 aromatic carbocycles. The van der Waals surface area contributed by atoms with E-state index in [1.54, 1.807) is 0 Å². The van der Waals surface area contributed by atoms with Crippen molar-refractivity contribution in [3.8, 4) is 0 Å². The van der Waals surface area contributed by atoms with Crippen molar-refractivity contribution in [3.63, 3.8) is 0 Å². The van der Waals surface area contributed by atoms with Crippen molar-refractivity contribution in [2.75, 3.05) is 18.6 Å². The molecule has 1 heterocycles. The fourth-order valence-electron chi connectivity index (χ4n) is 1.92. The van der Waals surface area contributed by atoms with Crippen LogP contribution < -0.4 is 5.73 Å². The number of nitrogens with two attached hydrogens (primary N) is 1. The van der Waals surface area contributed by atoms with E-state index in [4.69, 9.17) is 11.1 Å². The van der Waals surface area contributed by atoms with Gasteiger partial charge in [-0.3, -0.25) is 10.3 Å². The van der Waals surface area contributed by atoms with Crippen LogP contribution in [0.5, 0.6) is 0 Å². The molecule has 1 aliphatic heterocycles. The zero-order chi connectivity index (χ0) is 11.6. The third-order valence-electron chi connectivity index (χ3n) is 2.99. The Bertz CT molecular complexity index is 339. The molecule has 0 saturated carbocycles. The lowest BCUT2D eigenvalue weighted by Gasteiger charge is -2.29. The van der Waals surface area contributed by atoms with E-state index in [0.29, 0.717) is 12.8 Å². The molecule has 0 aliphatic carbocycles. The number of hydrogen-bond acceptors (Lipinski definition) is 4. The third-order valence-corrected chi connectivity index (χ3v) is 4.75. The molecule has 1 aliphatic rings. The maximum atomic E-state index is 11.3. The molecule has 5 nitrogen and oxygen atoms in total. The van der Waals surface area contributed by atoms with Crippen LogP contribution in [0.25, 0.3) is 0 Å². The lowest BCUT2D eigenvalue weighted by molar-refractivity contribution is 0.203. The van der Waals surface area contributed by atoms with Gasteiger partial charge in [0, 0.05) is 18.5 Å². The number of hydrogen-bond donors (Lipinski definition) is 2. The van der Waals surface area contributed by atoms with E-state index in [-0.39, 0.29) is 29.4 Å². The summed E-state index contributed by atoms with van der Waals surface area (Å²) in [4.78, 5) is 2.02. The summed E-state index contributed by atoms with van der Waals surface area (Å²) in [6.07, 6.45) is 1.19. The van der Waals surface area contributed by atoms with Gasteiger partial charge in [0.25, 0.3) is 0 Å². The molecule has 0 amide bonds. The van der Waals surface area contributed by atoms with Crippen LogP contribution in [0, 0.1) is 5.41 Å². The number of rotatable bonds is 4. The van der Waals surface area contributed by atoms with Crippen molar-refractivity contribution in [2.45, 2.75) is 31.8 Å². The largest absolute Gasteiger partial charge is 0.388 e. The molecule has 6 heteroatoms. The summed E-state index contributed by atoms with van der Waals surface area (Å²) in [5.41, 5.74) is 5.32. The van der Waals surface area contributed by atoms with Crippen LogP contribution in [0.2, 0.25) is 0 Å². The first-order valence-electron chi connectivity index (χ1n) is 5.07. The Kier molecular flexibility index (Phi) is 3.72. The van der Waals surface area contributed by atoms with Crippen molar-refractivity contribution < 1.29 is 8.42 Å². The van der Waals surface area contributed by atoms with E-state index < -0.39 is 9.84 Å². The molecule has 0 bridgehead atoms. The predicted molar refractivity (Wildman–Crippen MR) is 60.8 cm³/mol. The van der Waals surface area contributed by atoms with Gasteiger partial charge < -0.3 is 5.73 Å². The molecule has 15 heavy (non-hydrogen) atoms. The molecule has 88 valence electrons. The minimum Gasteiger partial charge on any atom is -0.388 e. The summed E-state index contributed by atoms with van der Waals surface area (Å²) in [6, 6.07) is 0.213. The van der Waals surface area contributed by atoms with Gasteiger partial charge in [-0.25, -0.2) is 8.42 Å². The monoisotopic (exact) mass is 233 g/mol. The highest BCUT2D eigenvalue weighted by Crippen LogP contribution is 2.19. The second-order valence-corrected chi connectivity index (χ2v) is 6.53. The van der Waals surface area contributed by atoms with Crippen molar-refractivity contribution in [3.05, 3.63) is 0 Å². The Labute approximate surface area is 91.1 Å². The normalized spacial score (nSPS) is 26.7. The molecule has 0 spiro atoms. The first-order valence-corrected chi connectivity index (χ1v) is 6.89. The van der Waals surface area contributed by atoms with Crippen LogP contribution in [0.4, 0.5) is 0 Å². The zero-order valence-electron chi connectivity index (χ0n) is 9.23. The average molecular weight is 233 g/mol. The van der Waals surface area contributed by atoms with Gasteiger partial charge >= 0.3 is 0 Å². The maximum absolute atomic E-state index is 11.3. The molecular weight excluding hydrogens is 214 g/mol. The van der Waals surface area contributed by atoms with Crippen LogP contribution >= 0.6 is 0 Å². The van der Waals surface area contributed by atoms with Gasteiger partial charge in [-0.05, 0) is 20.4 Å². The molecule has 1 saturated heterocycles. The van der Waals surface area contributed by atoms with E-state index >= 15 is 0 Å². The van der Waals surface area contributed by atoms with E-state index in [1.165, 1.54) is 0 Å². The smallest absolute Gasteiger partial charge is 0.151 e. The average Bonchev–Trinajstić information content (AvgIpc) is 2.43. The summed E-state index contributed by atoms with van der Waals surface area (Å²) < 4.78 is 22.6. The van der Waals surface area contributed by atoms with Gasteiger partial charge in [0.1, 0.15) is 0 Å². The quantitative estimate of drug-likeness (QED) is 0.521. The zero-order valence-corrected chi connectivity index (χ0v) is 10.0. The molecule has 2 unspecified atom stereocenters. The van der Waals surface area contributed by atoms with Crippen molar-refractivity contribution >= 4 is 15.7 Å². The number of nitrogens with one attached hydrogen (secondary N) is 1. The second-order valence-electron chi connectivity index (χ2n) is 4.30. The highest BCUT2D eigenvalue weighted by Gasteiger charge is 2.32.